The van der Waals surface area contributed by atoms with Gasteiger partial charge in [0.15, 0.2) is 0 Å². The molecule has 8 heavy (non-hydrogen) atoms. The number of anilines is 1. The van der Waals surface area contributed by atoms with Gasteiger partial charge in [0.2, 0.25) is 0 Å². The van der Waals surface area contributed by atoms with Gasteiger partial charge in [0, 0.05) is 16.8 Å². The molecule has 0 bridgehead atoms. The molecule has 0 saturated heterocycles. The summed E-state index contributed by atoms with van der Waals surface area (Å²) >= 11 is 5.52. The molecule has 0 amide bonds. The van der Waals surface area contributed by atoms with Crippen molar-refractivity contribution in [3.8, 4) is 0 Å². The zero-order chi connectivity index (χ0) is 5.98. The van der Waals surface area contributed by atoms with Crippen LogP contribution in [-0.4, -0.2) is 0 Å². The number of nitrogens with two attached hydrogens (primary N) is 1. The highest BCUT2D eigenvalue weighted by atomic mass is 35.5. The van der Waals surface area contributed by atoms with Gasteiger partial charge in [0.05, 0.1) is 0 Å². The van der Waals surface area contributed by atoms with E-state index in [0.29, 0.717) is 10.7 Å². The number of benzene rings is 1. The third kappa shape index (κ3) is 1.14. The zero-order valence-electron chi connectivity index (χ0n) is 4.19. The van der Waals surface area contributed by atoms with Gasteiger partial charge in [-0.15, -0.1) is 0 Å². The standard InChI is InChI=1S/C6H5ClN/c7-5-1-3-6(8)4-2-5/h1-3H,8H2. The zero-order valence-corrected chi connectivity index (χ0v) is 4.94. The van der Waals surface area contributed by atoms with Crippen molar-refractivity contribution in [2.24, 2.45) is 0 Å². The van der Waals surface area contributed by atoms with Gasteiger partial charge in [-0.25, -0.2) is 0 Å². The third-order valence-corrected chi connectivity index (χ3v) is 1.03. The van der Waals surface area contributed by atoms with E-state index < -0.39 is 0 Å². The topological polar surface area (TPSA) is 26.0 Å². The van der Waals surface area contributed by atoms with Gasteiger partial charge < -0.3 is 5.73 Å². The maximum absolute atomic E-state index is 5.52. The first-order chi connectivity index (χ1) is 3.79. The monoisotopic (exact) mass is 126 g/mol. The Labute approximate surface area is 53.1 Å². The van der Waals surface area contributed by atoms with Crippen molar-refractivity contribution >= 4 is 17.3 Å². The minimum absolute atomic E-state index is 0.620. The van der Waals surface area contributed by atoms with Crippen LogP contribution >= 0.6 is 11.6 Å². The summed E-state index contributed by atoms with van der Waals surface area (Å²) in [5.74, 6) is 0. The molecule has 0 unspecified atom stereocenters. The Hall–Kier alpha value is -0.690. The van der Waals surface area contributed by atoms with Gasteiger partial charge >= 0.3 is 0 Å². The predicted molar refractivity (Wildman–Crippen MR) is 34.7 cm³/mol. The first-order valence-electron chi connectivity index (χ1n) is 2.22. The Morgan fingerprint density at radius 3 is 2.62 bits per heavy atom. The molecular weight excluding hydrogens is 122 g/mol. The molecule has 1 nitrogen and oxygen atoms in total. The van der Waals surface area contributed by atoms with Gasteiger partial charge in [-0.1, -0.05) is 11.6 Å². The summed E-state index contributed by atoms with van der Waals surface area (Å²) in [5, 5.41) is 0.666. The lowest BCUT2D eigenvalue weighted by Gasteiger charge is -1.87. The van der Waals surface area contributed by atoms with Gasteiger partial charge in [0.25, 0.3) is 0 Å². The Morgan fingerprint density at radius 2 is 2.25 bits per heavy atom. The Kier molecular flexibility index (Phi) is 1.40. The molecule has 0 spiro atoms. The van der Waals surface area contributed by atoms with Crippen LogP contribution in [0.4, 0.5) is 5.69 Å². The Bertz CT molecular complexity index is 147. The fraction of sp³-hybridized carbons (Fsp3) is 0. The number of rotatable bonds is 0. The fourth-order valence-corrected chi connectivity index (χ4v) is 0.535. The van der Waals surface area contributed by atoms with E-state index in [1.165, 1.54) is 0 Å². The maximum atomic E-state index is 5.52. The average Bonchev–Trinajstić information content (AvgIpc) is 1.77. The van der Waals surface area contributed by atoms with E-state index in [1.807, 2.05) is 0 Å². The quantitative estimate of drug-likeness (QED) is 0.527. The molecule has 0 atom stereocenters. The van der Waals surface area contributed by atoms with E-state index >= 15 is 0 Å². The van der Waals surface area contributed by atoms with Crippen molar-refractivity contribution in [2.45, 2.75) is 0 Å². The molecule has 0 aliphatic carbocycles. The van der Waals surface area contributed by atoms with Crippen LogP contribution in [0.1, 0.15) is 0 Å². The van der Waals surface area contributed by atoms with Gasteiger partial charge in [-0.05, 0) is 18.2 Å². The van der Waals surface area contributed by atoms with E-state index in [-0.39, 0.29) is 0 Å². The van der Waals surface area contributed by atoms with E-state index in [1.54, 1.807) is 18.2 Å². The second kappa shape index (κ2) is 2.05. The molecule has 1 radical (unpaired) electrons. The van der Waals surface area contributed by atoms with Crippen molar-refractivity contribution in [2.75, 3.05) is 5.73 Å². The lowest BCUT2D eigenvalue weighted by molar-refractivity contribution is 1.67. The number of hydrogen-bond acceptors (Lipinski definition) is 1. The summed E-state index contributed by atoms with van der Waals surface area (Å²) in [4.78, 5) is 0. The van der Waals surface area contributed by atoms with Crippen molar-refractivity contribution in [3.05, 3.63) is 29.3 Å². The normalized spacial score (nSPS) is 9.12. The minimum atomic E-state index is 0.620. The molecule has 2 N–H and O–H groups in total. The summed E-state index contributed by atoms with van der Waals surface area (Å²) in [6.45, 7) is 0. The highest BCUT2D eigenvalue weighted by Crippen LogP contribution is 2.08. The third-order valence-electron chi connectivity index (χ3n) is 0.799. The molecule has 0 aromatic heterocycles. The predicted octanol–water partition coefficient (Wildman–Crippen LogP) is 1.72. The molecule has 1 aromatic carbocycles. The molecule has 0 saturated carbocycles. The summed E-state index contributed by atoms with van der Waals surface area (Å²) in [6.07, 6.45) is 0. The minimum Gasteiger partial charge on any atom is -0.398 e. The molecule has 2 heteroatoms. The molecule has 0 heterocycles. The molecule has 1 rings (SSSR count). The van der Waals surface area contributed by atoms with Gasteiger partial charge in [0.1, 0.15) is 0 Å². The summed E-state index contributed by atoms with van der Waals surface area (Å²) in [5.41, 5.74) is 5.93. The Balaban J connectivity index is 3.03. The second-order valence-corrected chi connectivity index (χ2v) is 1.90. The summed E-state index contributed by atoms with van der Waals surface area (Å²) in [6, 6.07) is 7.82. The lowest BCUT2D eigenvalue weighted by Crippen LogP contribution is -1.81. The van der Waals surface area contributed by atoms with Crippen molar-refractivity contribution in [3.63, 3.8) is 0 Å². The lowest BCUT2D eigenvalue weighted by atomic mass is 10.3. The van der Waals surface area contributed by atoms with Crippen LogP contribution in [0.5, 0.6) is 0 Å². The molecule has 0 fully saturated rings. The van der Waals surface area contributed by atoms with E-state index in [9.17, 15) is 0 Å². The van der Waals surface area contributed by atoms with E-state index in [2.05, 4.69) is 6.07 Å². The van der Waals surface area contributed by atoms with Crippen LogP contribution in [0.15, 0.2) is 18.2 Å². The highest BCUT2D eigenvalue weighted by molar-refractivity contribution is 6.30. The van der Waals surface area contributed by atoms with Crippen LogP contribution in [0.3, 0.4) is 0 Å². The highest BCUT2D eigenvalue weighted by Gasteiger charge is 1.83. The number of nitrogen functional groups attached to an aromatic ring is 1. The van der Waals surface area contributed by atoms with Crippen LogP contribution < -0.4 is 5.73 Å². The van der Waals surface area contributed by atoms with Crippen molar-refractivity contribution < 1.29 is 0 Å². The summed E-state index contributed by atoms with van der Waals surface area (Å²) in [7, 11) is 0. The van der Waals surface area contributed by atoms with E-state index in [4.69, 9.17) is 17.3 Å². The van der Waals surface area contributed by atoms with E-state index in [0.717, 1.165) is 0 Å². The maximum Gasteiger partial charge on any atom is 0.0413 e. The SMILES string of the molecule is Nc1[c]cc(Cl)cc1. The van der Waals surface area contributed by atoms with Crippen molar-refractivity contribution in [1.82, 2.24) is 0 Å². The first kappa shape index (κ1) is 5.45. The average molecular weight is 127 g/mol. The van der Waals surface area contributed by atoms with Crippen LogP contribution in [0, 0.1) is 6.07 Å². The molecular formula is C6H5ClN. The summed E-state index contributed by atoms with van der Waals surface area (Å²) < 4.78 is 0. The van der Waals surface area contributed by atoms with Crippen LogP contribution in [0.25, 0.3) is 0 Å². The molecule has 41 valence electrons. The van der Waals surface area contributed by atoms with Gasteiger partial charge in [-0.3, -0.25) is 0 Å². The second-order valence-electron chi connectivity index (χ2n) is 1.46. The molecule has 0 aliphatic heterocycles. The first-order valence-corrected chi connectivity index (χ1v) is 2.59. The number of halogens is 1. The number of hydrogen-bond donors (Lipinski definition) is 1. The smallest absolute Gasteiger partial charge is 0.0413 e. The molecule has 1 aromatic rings. The largest absolute Gasteiger partial charge is 0.398 e. The molecule has 0 aliphatic rings. The van der Waals surface area contributed by atoms with Gasteiger partial charge in [-0.2, -0.15) is 0 Å². The fourth-order valence-electron chi connectivity index (χ4n) is 0.418. The Morgan fingerprint density at radius 1 is 1.50 bits per heavy atom. The van der Waals surface area contributed by atoms with Crippen LogP contribution in [0.2, 0.25) is 5.02 Å². The van der Waals surface area contributed by atoms with Crippen molar-refractivity contribution in [1.29, 1.82) is 0 Å². The van der Waals surface area contributed by atoms with Crippen LogP contribution in [-0.2, 0) is 0 Å².